The predicted molar refractivity (Wildman–Crippen MR) is 145 cm³/mol. The fourth-order valence-electron chi connectivity index (χ4n) is 5.31. The molecule has 0 aliphatic carbocycles. The van der Waals surface area contributed by atoms with Crippen molar-refractivity contribution in [3.05, 3.63) is 58.9 Å². The molecule has 2 aromatic heterocycles. The van der Waals surface area contributed by atoms with E-state index >= 15 is 0 Å². The highest BCUT2D eigenvalue weighted by Gasteiger charge is 2.29. The first-order valence-electron chi connectivity index (χ1n) is 13.2. The number of nitrogens with zero attached hydrogens (tertiary/aromatic N) is 6. The van der Waals surface area contributed by atoms with Gasteiger partial charge in [0, 0.05) is 52.0 Å². The van der Waals surface area contributed by atoms with E-state index in [1.54, 1.807) is 30.9 Å². The molecule has 0 spiro atoms. The predicted octanol–water partition coefficient (Wildman–Crippen LogP) is 2.62. The van der Waals surface area contributed by atoms with Gasteiger partial charge in [0.1, 0.15) is 17.3 Å². The molecule has 39 heavy (non-hydrogen) atoms. The Morgan fingerprint density at radius 2 is 1.72 bits per heavy atom. The van der Waals surface area contributed by atoms with Crippen LogP contribution in [0.5, 0.6) is 5.75 Å². The zero-order chi connectivity index (χ0) is 27.6. The lowest BCUT2D eigenvalue weighted by Crippen LogP contribution is -2.48. The highest BCUT2D eigenvalue weighted by atomic mass is 32.2. The summed E-state index contributed by atoms with van der Waals surface area (Å²) < 4.78 is 36.6. The van der Waals surface area contributed by atoms with Crippen LogP contribution in [-0.4, -0.2) is 85.6 Å². The third-order valence-corrected chi connectivity index (χ3v) is 9.16. The standard InChI is InChI=1S/C27H34N6O5S/c1-19-14-22(37-3)15-20(2)25(19)39(35,36)18-23-29-26(38-30-23)27(34)33-12-10-31(11-13-33)17-21-6-7-24(28-16-21)32-8-4-5-9-32/h6-7,14-16H,4-5,8-13,17-18H2,1-3H3. The summed E-state index contributed by atoms with van der Waals surface area (Å²) in [4.78, 5) is 28.2. The molecule has 208 valence electrons. The highest BCUT2D eigenvalue weighted by Crippen LogP contribution is 2.28. The van der Waals surface area contributed by atoms with Crippen molar-refractivity contribution >= 4 is 21.6 Å². The number of aryl methyl sites for hydroxylation is 2. The van der Waals surface area contributed by atoms with Crippen LogP contribution in [0.15, 0.2) is 39.9 Å². The van der Waals surface area contributed by atoms with Crippen LogP contribution < -0.4 is 9.64 Å². The minimum absolute atomic E-state index is 0.0449. The second-order valence-electron chi connectivity index (χ2n) is 10.2. The fourth-order valence-corrected chi connectivity index (χ4v) is 7.01. The number of ether oxygens (including phenoxy) is 1. The van der Waals surface area contributed by atoms with Gasteiger partial charge in [0.2, 0.25) is 0 Å². The van der Waals surface area contributed by atoms with Gasteiger partial charge in [-0.15, -0.1) is 0 Å². The third-order valence-electron chi connectivity index (χ3n) is 7.26. The number of benzene rings is 1. The molecule has 2 saturated heterocycles. The number of amides is 1. The average Bonchev–Trinajstić information content (AvgIpc) is 3.61. The van der Waals surface area contributed by atoms with Gasteiger partial charge in [-0.3, -0.25) is 9.69 Å². The van der Waals surface area contributed by atoms with E-state index in [0.29, 0.717) is 43.1 Å². The first-order chi connectivity index (χ1) is 18.7. The van der Waals surface area contributed by atoms with Gasteiger partial charge in [0.25, 0.3) is 0 Å². The molecule has 2 fully saturated rings. The molecule has 3 aromatic rings. The number of hydrogen-bond donors (Lipinski definition) is 0. The number of carbonyl (C=O) groups excluding carboxylic acids is 1. The molecule has 2 aliphatic rings. The SMILES string of the molecule is COc1cc(C)c(S(=O)(=O)Cc2noc(C(=O)N3CCN(Cc4ccc(N5CCCC5)nc4)CC3)n2)c(C)c1. The number of pyridine rings is 1. The largest absolute Gasteiger partial charge is 0.497 e. The number of rotatable bonds is 8. The molecular formula is C27H34N6O5S. The van der Waals surface area contributed by atoms with Crippen LogP contribution in [0.2, 0.25) is 0 Å². The van der Waals surface area contributed by atoms with Crippen LogP contribution in [0, 0.1) is 13.8 Å². The second-order valence-corrected chi connectivity index (χ2v) is 12.1. The van der Waals surface area contributed by atoms with Gasteiger partial charge >= 0.3 is 11.8 Å². The molecular weight excluding hydrogens is 520 g/mol. The maximum Gasteiger partial charge on any atom is 0.316 e. The Morgan fingerprint density at radius 3 is 2.33 bits per heavy atom. The number of aromatic nitrogens is 3. The van der Waals surface area contributed by atoms with Crippen molar-refractivity contribution in [2.75, 3.05) is 51.3 Å². The van der Waals surface area contributed by atoms with Crippen LogP contribution in [0.25, 0.3) is 0 Å². The van der Waals surface area contributed by atoms with Crippen LogP contribution in [0.1, 0.15) is 46.0 Å². The molecule has 1 amide bonds. The van der Waals surface area contributed by atoms with Gasteiger partial charge in [-0.25, -0.2) is 13.4 Å². The molecule has 0 radical (unpaired) electrons. The Bertz CT molecular complexity index is 1400. The van der Waals surface area contributed by atoms with E-state index in [9.17, 15) is 13.2 Å². The molecule has 1 aromatic carbocycles. The molecule has 4 heterocycles. The Balaban J connectivity index is 1.16. The number of sulfone groups is 1. The molecule has 0 saturated carbocycles. The van der Waals surface area contributed by atoms with Crippen LogP contribution in [0.3, 0.4) is 0 Å². The van der Waals surface area contributed by atoms with E-state index in [0.717, 1.165) is 31.0 Å². The summed E-state index contributed by atoms with van der Waals surface area (Å²) in [6.07, 6.45) is 4.38. The van der Waals surface area contributed by atoms with Gasteiger partial charge < -0.3 is 19.1 Å². The fraction of sp³-hybridized carbons (Fsp3) is 0.481. The monoisotopic (exact) mass is 554 g/mol. The zero-order valence-corrected chi connectivity index (χ0v) is 23.4. The summed E-state index contributed by atoms with van der Waals surface area (Å²) in [5.74, 6) is 0.529. The first kappa shape index (κ1) is 27.1. The zero-order valence-electron chi connectivity index (χ0n) is 22.6. The van der Waals surface area contributed by atoms with Gasteiger partial charge in [-0.1, -0.05) is 11.2 Å². The summed E-state index contributed by atoms with van der Waals surface area (Å²) in [6.45, 7) is 8.76. The quantitative estimate of drug-likeness (QED) is 0.411. The molecule has 0 N–H and O–H groups in total. The van der Waals surface area contributed by atoms with Crippen LogP contribution >= 0.6 is 0 Å². The van der Waals surface area contributed by atoms with Crippen molar-refractivity contribution in [3.63, 3.8) is 0 Å². The van der Waals surface area contributed by atoms with Crippen molar-refractivity contribution < 1.29 is 22.5 Å². The molecule has 0 atom stereocenters. The van der Waals surface area contributed by atoms with E-state index in [1.807, 2.05) is 6.20 Å². The van der Waals surface area contributed by atoms with Gasteiger partial charge in [-0.05, 0) is 61.6 Å². The Hall–Kier alpha value is -3.51. The molecule has 12 heteroatoms. The van der Waals surface area contributed by atoms with Crippen molar-refractivity contribution in [1.29, 1.82) is 0 Å². The summed E-state index contributed by atoms with van der Waals surface area (Å²) >= 11 is 0. The second kappa shape index (κ2) is 11.3. The lowest BCUT2D eigenvalue weighted by atomic mass is 10.1. The normalized spacial score (nSPS) is 16.6. The minimum atomic E-state index is -3.76. The minimum Gasteiger partial charge on any atom is -0.497 e. The van der Waals surface area contributed by atoms with Crippen molar-refractivity contribution in [2.45, 2.75) is 43.9 Å². The van der Waals surface area contributed by atoms with E-state index in [4.69, 9.17) is 9.26 Å². The lowest BCUT2D eigenvalue weighted by Gasteiger charge is -2.34. The first-order valence-corrected chi connectivity index (χ1v) is 14.8. The molecule has 5 rings (SSSR count). The number of hydrogen-bond acceptors (Lipinski definition) is 10. The molecule has 2 aliphatic heterocycles. The number of methoxy groups -OCH3 is 1. The maximum atomic E-state index is 13.1. The van der Waals surface area contributed by atoms with Crippen LogP contribution in [0.4, 0.5) is 5.82 Å². The van der Waals surface area contributed by atoms with Gasteiger partial charge in [-0.2, -0.15) is 4.98 Å². The van der Waals surface area contributed by atoms with Gasteiger partial charge in [0.05, 0.1) is 12.0 Å². The number of anilines is 1. The summed E-state index contributed by atoms with van der Waals surface area (Å²) in [5.41, 5.74) is 2.29. The van der Waals surface area contributed by atoms with E-state index in [2.05, 4.69) is 37.1 Å². The third kappa shape index (κ3) is 6.06. The maximum absolute atomic E-state index is 13.1. The summed E-state index contributed by atoms with van der Waals surface area (Å²) in [6, 6.07) is 7.56. The number of piperazine rings is 1. The molecule has 0 bridgehead atoms. The Kier molecular flexibility index (Phi) is 7.85. The van der Waals surface area contributed by atoms with E-state index in [1.165, 1.54) is 20.0 Å². The topological polar surface area (TPSA) is 122 Å². The molecule has 11 nitrogen and oxygen atoms in total. The molecule has 0 unspecified atom stereocenters. The average molecular weight is 555 g/mol. The Morgan fingerprint density at radius 1 is 1.03 bits per heavy atom. The smallest absolute Gasteiger partial charge is 0.316 e. The van der Waals surface area contributed by atoms with Crippen molar-refractivity contribution in [3.8, 4) is 5.75 Å². The van der Waals surface area contributed by atoms with Crippen molar-refractivity contribution in [1.82, 2.24) is 24.9 Å². The Labute approximate surface area is 228 Å². The summed E-state index contributed by atoms with van der Waals surface area (Å²) in [7, 11) is -2.23. The summed E-state index contributed by atoms with van der Waals surface area (Å²) in [5, 5.41) is 3.78. The van der Waals surface area contributed by atoms with Crippen LogP contribution in [-0.2, 0) is 22.1 Å². The van der Waals surface area contributed by atoms with E-state index in [-0.39, 0.29) is 22.5 Å². The van der Waals surface area contributed by atoms with Gasteiger partial charge in [0.15, 0.2) is 15.7 Å². The van der Waals surface area contributed by atoms with Crippen molar-refractivity contribution in [2.24, 2.45) is 0 Å². The number of carbonyl (C=O) groups is 1. The highest BCUT2D eigenvalue weighted by molar-refractivity contribution is 7.90. The lowest BCUT2D eigenvalue weighted by molar-refractivity contribution is 0.0581. The van der Waals surface area contributed by atoms with E-state index < -0.39 is 15.6 Å².